The van der Waals surface area contributed by atoms with Crippen molar-refractivity contribution in [2.75, 3.05) is 5.73 Å². The summed E-state index contributed by atoms with van der Waals surface area (Å²) in [6.07, 6.45) is 1.71. The Hall–Kier alpha value is -1.48. The second kappa shape index (κ2) is 4.18. The Labute approximate surface area is 99.2 Å². The summed E-state index contributed by atoms with van der Waals surface area (Å²) >= 11 is 6.07. The van der Waals surface area contributed by atoms with Crippen molar-refractivity contribution in [2.45, 2.75) is 19.8 Å². The molecule has 0 aliphatic carbocycles. The second-order valence-electron chi connectivity index (χ2n) is 3.93. The minimum absolute atomic E-state index is 0.296. The van der Waals surface area contributed by atoms with E-state index in [1.165, 1.54) is 0 Å². The van der Waals surface area contributed by atoms with Gasteiger partial charge in [0.25, 0.3) is 0 Å². The highest BCUT2D eigenvalue weighted by Crippen LogP contribution is 2.33. The van der Waals surface area contributed by atoms with Gasteiger partial charge >= 0.3 is 0 Å². The van der Waals surface area contributed by atoms with E-state index in [1.54, 1.807) is 24.4 Å². The number of rotatable bonds is 2. The first-order valence-electron chi connectivity index (χ1n) is 5.09. The van der Waals surface area contributed by atoms with Gasteiger partial charge in [-0.25, -0.2) is 4.98 Å². The van der Waals surface area contributed by atoms with Gasteiger partial charge in [-0.1, -0.05) is 31.5 Å². The molecule has 16 heavy (non-hydrogen) atoms. The van der Waals surface area contributed by atoms with Crippen LogP contribution in [0.5, 0.6) is 0 Å². The van der Waals surface area contributed by atoms with Gasteiger partial charge in [0.15, 0.2) is 0 Å². The van der Waals surface area contributed by atoms with E-state index in [1.807, 2.05) is 13.8 Å². The van der Waals surface area contributed by atoms with Gasteiger partial charge < -0.3 is 10.2 Å². The molecule has 1 aromatic carbocycles. The number of oxazole rings is 1. The maximum atomic E-state index is 6.07. The largest absolute Gasteiger partial charge is 0.441 e. The Morgan fingerprint density at radius 2 is 2.12 bits per heavy atom. The van der Waals surface area contributed by atoms with Crippen LogP contribution in [0.3, 0.4) is 0 Å². The fraction of sp³-hybridized carbons (Fsp3) is 0.250. The van der Waals surface area contributed by atoms with Gasteiger partial charge in [-0.2, -0.15) is 0 Å². The predicted octanol–water partition coefficient (Wildman–Crippen LogP) is 3.70. The normalized spacial score (nSPS) is 11.0. The standard InChI is InChI=1S/C12H13ClN2O/c1-7(2)10-6-15-12(16-10)11-8(13)4-3-5-9(11)14/h3-7H,14H2,1-2H3. The molecule has 0 bridgehead atoms. The van der Waals surface area contributed by atoms with Gasteiger partial charge in [0.1, 0.15) is 5.76 Å². The summed E-state index contributed by atoms with van der Waals surface area (Å²) in [6, 6.07) is 5.35. The monoisotopic (exact) mass is 236 g/mol. The first-order valence-corrected chi connectivity index (χ1v) is 5.47. The van der Waals surface area contributed by atoms with Gasteiger partial charge in [0, 0.05) is 11.6 Å². The molecule has 0 saturated heterocycles. The molecule has 1 aromatic heterocycles. The minimum Gasteiger partial charge on any atom is -0.441 e. The maximum absolute atomic E-state index is 6.07. The SMILES string of the molecule is CC(C)c1cnc(-c2c(N)cccc2Cl)o1. The summed E-state index contributed by atoms with van der Waals surface area (Å²) in [6.45, 7) is 4.08. The molecule has 0 fully saturated rings. The number of halogens is 1. The third kappa shape index (κ3) is 1.91. The van der Waals surface area contributed by atoms with Crippen molar-refractivity contribution in [1.29, 1.82) is 0 Å². The summed E-state index contributed by atoms with van der Waals surface area (Å²) in [5, 5.41) is 0.553. The average Bonchev–Trinajstić information content (AvgIpc) is 2.66. The number of nitrogens with zero attached hydrogens (tertiary/aromatic N) is 1. The highest BCUT2D eigenvalue weighted by atomic mass is 35.5. The lowest BCUT2D eigenvalue weighted by Crippen LogP contribution is -1.90. The smallest absolute Gasteiger partial charge is 0.229 e. The van der Waals surface area contributed by atoms with Gasteiger partial charge in [-0.3, -0.25) is 0 Å². The van der Waals surface area contributed by atoms with E-state index in [4.69, 9.17) is 21.8 Å². The molecular formula is C12H13ClN2O. The zero-order chi connectivity index (χ0) is 11.7. The van der Waals surface area contributed by atoms with Crippen LogP contribution in [0.2, 0.25) is 5.02 Å². The third-order valence-corrected chi connectivity index (χ3v) is 2.67. The molecule has 2 aromatic rings. The molecule has 0 saturated carbocycles. The molecule has 3 nitrogen and oxygen atoms in total. The maximum Gasteiger partial charge on any atom is 0.229 e. The molecular weight excluding hydrogens is 224 g/mol. The number of hydrogen-bond acceptors (Lipinski definition) is 3. The number of nitrogen functional groups attached to an aromatic ring is 1. The molecule has 2 N–H and O–H groups in total. The van der Waals surface area contributed by atoms with Crippen molar-refractivity contribution in [2.24, 2.45) is 0 Å². The quantitative estimate of drug-likeness (QED) is 0.809. The van der Waals surface area contributed by atoms with Crippen molar-refractivity contribution in [3.63, 3.8) is 0 Å². The first kappa shape index (κ1) is 11.0. The number of hydrogen-bond donors (Lipinski definition) is 1. The van der Waals surface area contributed by atoms with Gasteiger partial charge in [0.2, 0.25) is 5.89 Å². The lowest BCUT2D eigenvalue weighted by atomic mass is 10.2. The Balaban J connectivity index is 2.50. The van der Waals surface area contributed by atoms with Crippen LogP contribution in [-0.2, 0) is 0 Å². The summed E-state index contributed by atoms with van der Waals surface area (Å²) in [4.78, 5) is 4.20. The second-order valence-corrected chi connectivity index (χ2v) is 4.33. The Morgan fingerprint density at radius 3 is 2.69 bits per heavy atom. The van der Waals surface area contributed by atoms with Gasteiger partial charge in [-0.15, -0.1) is 0 Å². The molecule has 0 amide bonds. The van der Waals surface area contributed by atoms with Crippen LogP contribution in [0.4, 0.5) is 5.69 Å². The molecule has 0 spiro atoms. The molecule has 0 radical (unpaired) electrons. The number of benzene rings is 1. The van der Waals surface area contributed by atoms with Gasteiger partial charge in [0.05, 0.1) is 16.8 Å². The third-order valence-electron chi connectivity index (χ3n) is 2.35. The summed E-state index contributed by atoms with van der Waals surface area (Å²) in [7, 11) is 0. The summed E-state index contributed by atoms with van der Waals surface area (Å²) in [5.41, 5.74) is 7.09. The lowest BCUT2D eigenvalue weighted by molar-refractivity contribution is 0.495. The highest BCUT2D eigenvalue weighted by molar-refractivity contribution is 6.33. The van der Waals surface area contributed by atoms with Crippen LogP contribution in [0.15, 0.2) is 28.8 Å². The molecule has 0 atom stereocenters. The number of aromatic nitrogens is 1. The van der Waals surface area contributed by atoms with Crippen molar-refractivity contribution in [3.8, 4) is 11.5 Å². The first-order chi connectivity index (χ1) is 7.59. The summed E-state index contributed by atoms with van der Waals surface area (Å²) < 4.78 is 5.62. The molecule has 0 aliphatic rings. The fourth-order valence-electron chi connectivity index (χ4n) is 1.44. The van der Waals surface area contributed by atoms with E-state index in [-0.39, 0.29) is 0 Å². The van der Waals surface area contributed by atoms with E-state index in [2.05, 4.69) is 4.98 Å². The Kier molecular flexibility index (Phi) is 2.88. The van der Waals surface area contributed by atoms with Gasteiger partial charge in [-0.05, 0) is 12.1 Å². The zero-order valence-electron chi connectivity index (χ0n) is 9.20. The fourth-order valence-corrected chi connectivity index (χ4v) is 1.70. The van der Waals surface area contributed by atoms with Crippen LogP contribution in [0.1, 0.15) is 25.5 Å². The van der Waals surface area contributed by atoms with Crippen LogP contribution in [0, 0.1) is 0 Å². The highest BCUT2D eigenvalue weighted by Gasteiger charge is 2.14. The molecule has 2 rings (SSSR count). The topological polar surface area (TPSA) is 52.0 Å². The molecule has 1 heterocycles. The van der Waals surface area contributed by atoms with E-state index in [0.29, 0.717) is 28.1 Å². The van der Waals surface area contributed by atoms with E-state index in [9.17, 15) is 0 Å². The van der Waals surface area contributed by atoms with Crippen molar-refractivity contribution < 1.29 is 4.42 Å². The molecule has 4 heteroatoms. The minimum atomic E-state index is 0.296. The van der Waals surface area contributed by atoms with E-state index in [0.717, 1.165) is 5.76 Å². The lowest BCUT2D eigenvalue weighted by Gasteiger charge is -2.03. The van der Waals surface area contributed by atoms with Crippen molar-refractivity contribution in [1.82, 2.24) is 4.98 Å². The zero-order valence-corrected chi connectivity index (χ0v) is 9.95. The molecule has 0 aliphatic heterocycles. The van der Waals surface area contributed by atoms with Crippen LogP contribution < -0.4 is 5.73 Å². The molecule has 84 valence electrons. The summed E-state index contributed by atoms with van der Waals surface area (Å²) in [5.74, 6) is 1.60. The van der Waals surface area contributed by atoms with Crippen LogP contribution in [0.25, 0.3) is 11.5 Å². The van der Waals surface area contributed by atoms with Crippen LogP contribution in [-0.4, -0.2) is 4.98 Å². The number of anilines is 1. The average molecular weight is 237 g/mol. The van der Waals surface area contributed by atoms with E-state index >= 15 is 0 Å². The van der Waals surface area contributed by atoms with E-state index < -0.39 is 0 Å². The Bertz CT molecular complexity index is 485. The van der Waals surface area contributed by atoms with Crippen molar-refractivity contribution in [3.05, 3.63) is 35.2 Å². The van der Waals surface area contributed by atoms with Crippen LogP contribution >= 0.6 is 11.6 Å². The predicted molar refractivity (Wildman–Crippen MR) is 65.5 cm³/mol. The number of nitrogens with two attached hydrogens (primary N) is 1. The van der Waals surface area contributed by atoms with Crippen molar-refractivity contribution >= 4 is 17.3 Å². The Morgan fingerprint density at radius 1 is 1.38 bits per heavy atom. The molecule has 0 unspecified atom stereocenters.